The van der Waals surface area contributed by atoms with Crippen molar-refractivity contribution in [2.75, 3.05) is 18.4 Å². The van der Waals surface area contributed by atoms with Crippen molar-refractivity contribution in [2.45, 2.75) is 52.6 Å². The van der Waals surface area contributed by atoms with Crippen LogP contribution in [-0.4, -0.2) is 25.0 Å². The molecular formula is C24H32ClN3O. The monoisotopic (exact) mass is 413 g/mol. The number of nitrogens with one attached hydrogen (secondary N) is 3. The van der Waals surface area contributed by atoms with Crippen LogP contribution in [0, 0.1) is 5.92 Å². The fraction of sp³-hybridized carbons (Fsp3) is 0.458. The first-order valence-corrected chi connectivity index (χ1v) is 11.0. The highest BCUT2D eigenvalue weighted by Crippen LogP contribution is 2.31. The van der Waals surface area contributed by atoms with Gasteiger partial charge in [0, 0.05) is 18.2 Å². The molecular weight excluding hydrogens is 382 g/mol. The summed E-state index contributed by atoms with van der Waals surface area (Å²) in [5.41, 5.74) is 5.54. The van der Waals surface area contributed by atoms with Crippen LogP contribution in [0.25, 0.3) is 0 Å². The molecule has 0 saturated heterocycles. The first kappa shape index (κ1) is 21.7. The van der Waals surface area contributed by atoms with Crippen molar-refractivity contribution in [1.29, 1.82) is 0 Å². The molecule has 0 spiro atoms. The Hall–Kier alpha value is -2.04. The van der Waals surface area contributed by atoms with Crippen LogP contribution < -0.4 is 16.0 Å². The van der Waals surface area contributed by atoms with E-state index < -0.39 is 0 Å². The summed E-state index contributed by atoms with van der Waals surface area (Å²) in [5.74, 6) is 0.552. The van der Waals surface area contributed by atoms with Gasteiger partial charge in [0.25, 0.3) is 5.91 Å². The maximum atomic E-state index is 12.4. The summed E-state index contributed by atoms with van der Waals surface area (Å²) in [4.78, 5) is 12.4. The molecule has 1 aliphatic rings. The van der Waals surface area contributed by atoms with Crippen molar-refractivity contribution >= 4 is 23.2 Å². The van der Waals surface area contributed by atoms with E-state index in [9.17, 15) is 4.79 Å². The molecule has 0 aliphatic carbocycles. The Morgan fingerprint density at radius 1 is 1.07 bits per heavy atom. The van der Waals surface area contributed by atoms with Crippen molar-refractivity contribution in [2.24, 2.45) is 5.92 Å². The maximum Gasteiger partial charge on any atom is 0.251 e. The molecule has 156 valence electrons. The number of benzene rings is 2. The van der Waals surface area contributed by atoms with Crippen LogP contribution in [0.4, 0.5) is 5.69 Å². The number of hydrogen-bond acceptors (Lipinski definition) is 3. The second kappa shape index (κ2) is 10.1. The van der Waals surface area contributed by atoms with Crippen molar-refractivity contribution in [3.63, 3.8) is 0 Å². The van der Waals surface area contributed by atoms with Gasteiger partial charge in [0.15, 0.2) is 0 Å². The van der Waals surface area contributed by atoms with E-state index in [1.807, 2.05) is 30.3 Å². The van der Waals surface area contributed by atoms with E-state index in [0.29, 0.717) is 18.0 Å². The average molecular weight is 414 g/mol. The molecule has 1 aliphatic heterocycles. The predicted molar refractivity (Wildman–Crippen MR) is 122 cm³/mol. The van der Waals surface area contributed by atoms with Gasteiger partial charge in [-0.15, -0.1) is 0 Å². The van der Waals surface area contributed by atoms with Gasteiger partial charge in [0.1, 0.15) is 0 Å². The third kappa shape index (κ3) is 5.97. The van der Waals surface area contributed by atoms with Crippen LogP contribution >= 0.6 is 11.6 Å². The Balaban J connectivity index is 1.63. The van der Waals surface area contributed by atoms with Gasteiger partial charge in [-0.05, 0) is 80.1 Å². The highest BCUT2D eigenvalue weighted by Gasteiger charge is 2.15. The third-order valence-electron chi connectivity index (χ3n) is 5.37. The van der Waals surface area contributed by atoms with Crippen LogP contribution in [0.2, 0.25) is 5.02 Å². The molecule has 1 unspecified atom stereocenters. The number of carbonyl (C=O) groups excluding carboxylic acids is 1. The number of hydrogen-bond donors (Lipinski definition) is 3. The maximum absolute atomic E-state index is 12.4. The summed E-state index contributed by atoms with van der Waals surface area (Å²) in [6.07, 6.45) is 2.98. The largest absolute Gasteiger partial charge is 0.380 e. The summed E-state index contributed by atoms with van der Waals surface area (Å²) in [6.45, 7) is 9.04. The van der Waals surface area contributed by atoms with Crippen LogP contribution in [0.15, 0.2) is 36.4 Å². The summed E-state index contributed by atoms with van der Waals surface area (Å²) in [7, 11) is 0. The number of halogens is 1. The van der Waals surface area contributed by atoms with Gasteiger partial charge < -0.3 is 16.0 Å². The van der Waals surface area contributed by atoms with Gasteiger partial charge in [0.2, 0.25) is 0 Å². The van der Waals surface area contributed by atoms with Gasteiger partial charge in [-0.1, -0.05) is 43.6 Å². The molecule has 0 bridgehead atoms. The van der Waals surface area contributed by atoms with Crippen molar-refractivity contribution in [3.05, 3.63) is 63.7 Å². The molecule has 3 rings (SSSR count). The van der Waals surface area contributed by atoms with Gasteiger partial charge in [-0.3, -0.25) is 4.79 Å². The van der Waals surface area contributed by atoms with Crippen molar-refractivity contribution < 1.29 is 4.79 Å². The van der Waals surface area contributed by atoms with Crippen LogP contribution in [0.5, 0.6) is 0 Å². The van der Waals surface area contributed by atoms with E-state index >= 15 is 0 Å². The highest BCUT2D eigenvalue weighted by atomic mass is 35.5. The van der Waals surface area contributed by atoms with Crippen molar-refractivity contribution in [3.8, 4) is 0 Å². The Morgan fingerprint density at radius 3 is 2.52 bits per heavy atom. The summed E-state index contributed by atoms with van der Waals surface area (Å²) in [6, 6.07) is 12.1. The van der Waals surface area contributed by atoms with E-state index in [4.69, 9.17) is 11.6 Å². The number of amides is 1. The summed E-state index contributed by atoms with van der Waals surface area (Å²) < 4.78 is 0. The van der Waals surface area contributed by atoms with E-state index in [-0.39, 0.29) is 11.9 Å². The zero-order chi connectivity index (χ0) is 20.8. The average Bonchev–Trinajstić information content (AvgIpc) is 2.92. The molecule has 4 nitrogen and oxygen atoms in total. The Labute approximate surface area is 179 Å². The van der Waals surface area contributed by atoms with Crippen LogP contribution in [0.3, 0.4) is 0 Å². The molecule has 0 radical (unpaired) electrons. The molecule has 1 amide bonds. The van der Waals surface area contributed by atoms with Crippen LogP contribution in [-0.2, 0) is 19.4 Å². The van der Waals surface area contributed by atoms with E-state index in [2.05, 4.69) is 42.8 Å². The van der Waals surface area contributed by atoms with Gasteiger partial charge >= 0.3 is 0 Å². The van der Waals surface area contributed by atoms with Gasteiger partial charge in [0.05, 0.1) is 10.7 Å². The van der Waals surface area contributed by atoms with Gasteiger partial charge in [-0.25, -0.2) is 0 Å². The standard InChI is InChI=1S/C24H32ClN3O/c1-16(2)14-17(3)28-24(29)20-6-4-18(5-7-20)15-27-23-21-11-13-26-12-10-19(21)8-9-22(23)25/h4-9,16-17,26-27H,10-15H2,1-3H3,(H,28,29). The Bertz CT molecular complexity index is 833. The molecule has 29 heavy (non-hydrogen) atoms. The Morgan fingerprint density at radius 2 is 1.79 bits per heavy atom. The Kier molecular flexibility index (Phi) is 7.57. The zero-order valence-electron chi connectivity index (χ0n) is 17.6. The molecule has 0 aromatic heterocycles. The van der Waals surface area contributed by atoms with E-state index in [1.165, 1.54) is 11.1 Å². The molecule has 0 saturated carbocycles. The number of rotatable bonds is 7. The predicted octanol–water partition coefficient (Wildman–Crippen LogP) is 4.80. The lowest BCUT2D eigenvalue weighted by molar-refractivity contribution is 0.0936. The molecule has 1 atom stereocenters. The minimum atomic E-state index is -0.0124. The smallest absolute Gasteiger partial charge is 0.251 e. The second-order valence-electron chi connectivity index (χ2n) is 8.36. The van der Waals surface area contributed by atoms with Crippen LogP contribution in [0.1, 0.15) is 54.2 Å². The number of anilines is 1. The topological polar surface area (TPSA) is 53.2 Å². The first-order valence-electron chi connectivity index (χ1n) is 10.6. The lowest BCUT2D eigenvalue weighted by Crippen LogP contribution is -2.33. The normalized spacial score (nSPS) is 14.8. The fourth-order valence-corrected chi connectivity index (χ4v) is 4.22. The molecule has 2 aromatic rings. The minimum Gasteiger partial charge on any atom is -0.380 e. The highest BCUT2D eigenvalue weighted by molar-refractivity contribution is 6.33. The number of carbonyl (C=O) groups is 1. The molecule has 2 aromatic carbocycles. The van der Waals surface area contributed by atoms with E-state index in [0.717, 1.165) is 48.6 Å². The minimum absolute atomic E-state index is 0.0124. The SMILES string of the molecule is CC(C)CC(C)NC(=O)c1ccc(CNc2c(Cl)ccc3c2CCNCC3)cc1. The lowest BCUT2D eigenvalue weighted by Gasteiger charge is -2.17. The fourth-order valence-electron chi connectivity index (χ4n) is 3.97. The van der Waals surface area contributed by atoms with Crippen molar-refractivity contribution in [1.82, 2.24) is 10.6 Å². The zero-order valence-corrected chi connectivity index (χ0v) is 18.4. The first-order chi connectivity index (χ1) is 13.9. The molecule has 1 heterocycles. The summed E-state index contributed by atoms with van der Waals surface area (Å²) >= 11 is 6.50. The molecule has 0 fully saturated rings. The number of fused-ring (bicyclic) bond motifs is 1. The van der Waals surface area contributed by atoms with E-state index in [1.54, 1.807) is 0 Å². The lowest BCUT2D eigenvalue weighted by atomic mass is 10.0. The van der Waals surface area contributed by atoms with Gasteiger partial charge in [-0.2, -0.15) is 0 Å². The third-order valence-corrected chi connectivity index (χ3v) is 5.68. The molecule has 5 heteroatoms. The quantitative estimate of drug-likeness (QED) is 0.610. The molecule has 3 N–H and O–H groups in total. The summed E-state index contributed by atoms with van der Waals surface area (Å²) in [5, 5.41) is 10.8. The second-order valence-corrected chi connectivity index (χ2v) is 8.77.